The number of benzene rings is 1. The summed E-state index contributed by atoms with van der Waals surface area (Å²) in [6.45, 7) is 8.32. The summed E-state index contributed by atoms with van der Waals surface area (Å²) in [4.78, 5) is 13.9. The van der Waals surface area contributed by atoms with Crippen molar-refractivity contribution in [2.45, 2.75) is 37.6 Å². The molecule has 3 fully saturated rings. The second-order valence-electron chi connectivity index (χ2n) is 9.55. The number of piperidine rings is 2. The molecule has 0 aromatic heterocycles. The van der Waals surface area contributed by atoms with Crippen molar-refractivity contribution >= 4 is 35.6 Å². The van der Waals surface area contributed by atoms with Crippen molar-refractivity contribution in [3.63, 3.8) is 0 Å². The third-order valence-corrected chi connectivity index (χ3v) is 7.56. The summed E-state index contributed by atoms with van der Waals surface area (Å²) in [5.41, 5.74) is 0.540. The second kappa shape index (κ2) is 12.0. The normalized spacial score (nSPS) is 22.7. The molecule has 33 heavy (non-hydrogen) atoms. The maximum atomic E-state index is 14.2. The van der Waals surface area contributed by atoms with Crippen LogP contribution in [-0.4, -0.2) is 99.2 Å². The number of guanidine groups is 1. The fourth-order valence-corrected chi connectivity index (χ4v) is 5.47. The quantitative estimate of drug-likeness (QED) is 0.339. The van der Waals surface area contributed by atoms with E-state index in [1.165, 1.54) is 63.4 Å². The molecule has 3 aliphatic rings. The lowest BCUT2D eigenvalue weighted by atomic mass is 9.84. The molecule has 1 aromatic rings. The van der Waals surface area contributed by atoms with E-state index < -0.39 is 5.82 Å². The minimum atomic E-state index is -0.401. The molecule has 0 unspecified atom stereocenters. The van der Waals surface area contributed by atoms with Gasteiger partial charge in [-0.1, -0.05) is 6.42 Å². The number of halogens is 3. The molecule has 0 saturated carbocycles. The van der Waals surface area contributed by atoms with Crippen molar-refractivity contribution in [1.82, 2.24) is 20.0 Å². The van der Waals surface area contributed by atoms with Gasteiger partial charge >= 0.3 is 0 Å². The average Bonchev–Trinajstić information content (AvgIpc) is 2.83. The van der Waals surface area contributed by atoms with Gasteiger partial charge in [-0.25, -0.2) is 8.78 Å². The number of hydrogen-bond acceptors (Lipinski definition) is 4. The number of rotatable bonds is 4. The van der Waals surface area contributed by atoms with Gasteiger partial charge in [0.1, 0.15) is 11.6 Å². The van der Waals surface area contributed by atoms with Gasteiger partial charge in [-0.3, -0.25) is 9.89 Å². The largest absolute Gasteiger partial charge is 0.366 e. The third-order valence-electron chi connectivity index (χ3n) is 7.56. The Morgan fingerprint density at radius 2 is 1.64 bits per heavy atom. The van der Waals surface area contributed by atoms with E-state index in [9.17, 15) is 8.78 Å². The first-order chi connectivity index (χ1) is 15.5. The van der Waals surface area contributed by atoms with Crippen LogP contribution in [-0.2, 0) is 0 Å². The van der Waals surface area contributed by atoms with Crippen molar-refractivity contribution in [2.75, 3.05) is 77.9 Å². The number of aliphatic imine (C=N–C) groups is 1. The summed E-state index contributed by atoms with van der Waals surface area (Å²) in [6.07, 6.45) is 6.30. The molecule has 3 aliphatic heterocycles. The molecule has 0 spiro atoms. The van der Waals surface area contributed by atoms with Crippen LogP contribution in [0.15, 0.2) is 23.2 Å². The van der Waals surface area contributed by atoms with E-state index in [0.717, 1.165) is 38.7 Å². The van der Waals surface area contributed by atoms with Gasteiger partial charge in [0.05, 0.1) is 5.69 Å². The Hall–Kier alpha value is -1.20. The van der Waals surface area contributed by atoms with E-state index >= 15 is 0 Å². The number of likely N-dealkylation sites (tertiary alicyclic amines) is 2. The van der Waals surface area contributed by atoms with E-state index in [1.54, 1.807) is 0 Å². The van der Waals surface area contributed by atoms with Crippen LogP contribution in [0.2, 0.25) is 0 Å². The van der Waals surface area contributed by atoms with E-state index in [0.29, 0.717) is 18.8 Å². The fourth-order valence-electron chi connectivity index (χ4n) is 5.47. The first kappa shape index (κ1) is 26.4. The van der Waals surface area contributed by atoms with E-state index in [1.807, 2.05) is 11.9 Å². The predicted molar refractivity (Wildman–Crippen MR) is 142 cm³/mol. The molecule has 0 radical (unpaired) electrons. The van der Waals surface area contributed by atoms with Crippen LogP contribution in [0.3, 0.4) is 0 Å². The highest BCUT2D eigenvalue weighted by Crippen LogP contribution is 2.31. The highest BCUT2D eigenvalue weighted by atomic mass is 127. The first-order valence-corrected chi connectivity index (χ1v) is 12.1. The summed E-state index contributed by atoms with van der Waals surface area (Å²) in [6, 6.07) is 3.67. The smallest absolute Gasteiger partial charge is 0.193 e. The second-order valence-corrected chi connectivity index (χ2v) is 9.55. The van der Waals surface area contributed by atoms with Crippen LogP contribution in [0.25, 0.3) is 0 Å². The van der Waals surface area contributed by atoms with Gasteiger partial charge < -0.3 is 20.0 Å². The third kappa shape index (κ3) is 6.28. The highest BCUT2D eigenvalue weighted by molar-refractivity contribution is 14.0. The van der Waals surface area contributed by atoms with Crippen LogP contribution in [0.1, 0.15) is 32.1 Å². The van der Waals surface area contributed by atoms with E-state index in [2.05, 4.69) is 32.1 Å². The lowest BCUT2D eigenvalue weighted by Crippen LogP contribution is -2.63. The number of nitrogens with zero attached hydrogens (tertiary/aromatic N) is 5. The summed E-state index contributed by atoms with van der Waals surface area (Å²) < 4.78 is 27.8. The van der Waals surface area contributed by atoms with Crippen molar-refractivity contribution in [2.24, 2.45) is 4.99 Å². The lowest BCUT2D eigenvalue weighted by Gasteiger charge is -2.50. The summed E-state index contributed by atoms with van der Waals surface area (Å²) in [7, 11) is 4.05. The lowest BCUT2D eigenvalue weighted by molar-refractivity contribution is 0.0169. The Balaban J connectivity index is 0.00000306. The number of anilines is 1. The van der Waals surface area contributed by atoms with Gasteiger partial charge in [0.2, 0.25) is 0 Å². The van der Waals surface area contributed by atoms with Crippen LogP contribution in [0.4, 0.5) is 14.5 Å². The Bertz CT molecular complexity index is 785. The van der Waals surface area contributed by atoms with Gasteiger partial charge in [0.15, 0.2) is 5.96 Å². The van der Waals surface area contributed by atoms with Crippen LogP contribution >= 0.6 is 24.0 Å². The molecule has 186 valence electrons. The zero-order valence-electron chi connectivity index (χ0n) is 20.0. The molecule has 0 amide bonds. The number of hydrogen-bond donors (Lipinski definition) is 1. The Morgan fingerprint density at radius 3 is 2.27 bits per heavy atom. The SMILES string of the molecule is CN=C(NCC1(N2CCCCC2)CCN(C)CC1)N1CCN(c2cc(F)ccc2F)CC1.I. The van der Waals surface area contributed by atoms with Crippen LogP contribution < -0.4 is 10.2 Å². The molecule has 3 saturated heterocycles. The summed E-state index contributed by atoms with van der Waals surface area (Å²) >= 11 is 0. The maximum absolute atomic E-state index is 14.2. The topological polar surface area (TPSA) is 37.4 Å². The molecule has 6 nitrogen and oxygen atoms in total. The Labute approximate surface area is 214 Å². The number of nitrogens with one attached hydrogen (secondary N) is 1. The molecule has 1 aromatic carbocycles. The van der Waals surface area contributed by atoms with Crippen molar-refractivity contribution in [3.05, 3.63) is 29.8 Å². The molecular weight excluding hydrogens is 537 g/mol. The van der Waals surface area contributed by atoms with Crippen molar-refractivity contribution in [1.29, 1.82) is 0 Å². The highest BCUT2D eigenvalue weighted by Gasteiger charge is 2.40. The Kier molecular flexibility index (Phi) is 9.58. The molecule has 1 N–H and O–H groups in total. The molecular formula is C24H39F2IN6. The molecule has 0 bridgehead atoms. The van der Waals surface area contributed by atoms with Gasteiger partial charge in [-0.2, -0.15) is 0 Å². The summed E-state index contributed by atoms with van der Waals surface area (Å²) in [5, 5.41) is 3.70. The number of piperazine rings is 1. The standard InChI is InChI=1S/C24H38F2N6.HI/c1-27-23(31-16-14-30(15-17-31)22-18-20(25)6-7-21(22)26)28-19-24(8-12-29(2)13-9-24)32-10-4-3-5-11-32;/h6-7,18H,3-5,8-17,19H2,1-2H3,(H,27,28);1H. The summed E-state index contributed by atoms with van der Waals surface area (Å²) in [5.74, 6) is 0.148. The van der Waals surface area contributed by atoms with Crippen molar-refractivity contribution < 1.29 is 8.78 Å². The van der Waals surface area contributed by atoms with E-state index in [-0.39, 0.29) is 35.3 Å². The molecule has 0 aliphatic carbocycles. The minimum Gasteiger partial charge on any atom is -0.366 e. The van der Waals surface area contributed by atoms with Gasteiger partial charge in [-0.15, -0.1) is 24.0 Å². The minimum absolute atomic E-state index is 0. The zero-order chi connectivity index (χ0) is 22.6. The van der Waals surface area contributed by atoms with Gasteiger partial charge in [0, 0.05) is 51.4 Å². The molecule has 0 atom stereocenters. The average molecular weight is 577 g/mol. The Morgan fingerprint density at radius 1 is 0.970 bits per heavy atom. The van der Waals surface area contributed by atoms with Crippen LogP contribution in [0.5, 0.6) is 0 Å². The first-order valence-electron chi connectivity index (χ1n) is 12.1. The van der Waals surface area contributed by atoms with Gasteiger partial charge in [-0.05, 0) is 71.0 Å². The zero-order valence-corrected chi connectivity index (χ0v) is 22.4. The van der Waals surface area contributed by atoms with E-state index in [4.69, 9.17) is 0 Å². The van der Waals surface area contributed by atoms with Crippen molar-refractivity contribution in [3.8, 4) is 0 Å². The maximum Gasteiger partial charge on any atom is 0.193 e. The van der Waals surface area contributed by atoms with Gasteiger partial charge in [0.25, 0.3) is 0 Å². The predicted octanol–water partition coefficient (Wildman–Crippen LogP) is 3.23. The molecule has 4 rings (SSSR count). The fraction of sp³-hybridized carbons (Fsp3) is 0.708. The van der Waals surface area contributed by atoms with Crippen LogP contribution in [0, 0.1) is 11.6 Å². The molecule has 9 heteroatoms. The molecule has 3 heterocycles. The monoisotopic (exact) mass is 576 g/mol.